The third kappa shape index (κ3) is 1.82. The van der Waals surface area contributed by atoms with E-state index in [1.54, 1.807) is 0 Å². The lowest BCUT2D eigenvalue weighted by Crippen LogP contribution is -2.55. The third-order valence-electron chi connectivity index (χ3n) is 7.93. The Hall–Kier alpha value is -1.29. The minimum absolute atomic E-state index is 0.0217. The third-order valence-corrected chi connectivity index (χ3v) is 8.17. The van der Waals surface area contributed by atoms with Crippen molar-refractivity contribution in [3.05, 3.63) is 52.5 Å². The highest BCUT2D eigenvalue weighted by atomic mass is 35.5. The molecule has 2 aromatic rings. The predicted molar refractivity (Wildman–Crippen MR) is 105 cm³/mol. The Morgan fingerprint density at radius 3 is 2.00 bits per heavy atom. The first-order valence-corrected chi connectivity index (χ1v) is 10.3. The van der Waals surface area contributed by atoms with Crippen LogP contribution in [0.1, 0.15) is 43.2 Å². The van der Waals surface area contributed by atoms with Crippen molar-refractivity contribution in [2.75, 3.05) is 0 Å². The first-order valence-electron chi connectivity index (χ1n) is 9.88. The van der Waals surface area contributed by atoms with E-state index in [0.29, 0.717) is 17.3 Å². The zero-order valence-corrected chi connectivity index (χ0v) is 15.4. The van der Waals surface area contributed by atoms with Crippen molar-refractivity contribution in [1.82, 2.24) is 0 Å². The van der Waals surface area contributed by atoms with Crippen molar-refractivity contribution in [3.63, 3.8) is 0 Å². The molecular formula is C22H22BClO2. The molecule has 4 saturated carbocycles. The normalized spacial score (nSPS) is 35.7. The summed E-state index contributed by atoms with van der Waals surface area (Å²) in [6.45, 7) is 0. The van der Waals surface area contributed by atoms with Crippen molar-refractivity contribution in [3.8, 4) is 11.1 Å². The van der Waals surface area contributed by atoms with E-state index in [2.05, 4.69) is 24.3 Å². The number of hydrogen-bond acceptors (Lipinski definition) is 2. The topological polar surface area (TPSA) is 40.5 Å². The number of halogens is 1. The summed E-state index contributed by atoms with van der Waals surface area (Å²) >= 11 is 6.46. The Kier molecular flexibility index (Phi) is 3.12. The molecule has 26 heavy (non-hydrogen) atoms. The van der Waals surface area contributed by atoms with Crippen molar-refractivity contribution in [2.24, 2.45) is 23.7 Å². The van der Waals surface area contributed by atoms with Crippen LogP contribution >= 0.6 is 11.6 Å². The number of rotatable bonds is 1. The van der Waals surface area contributed by atoms with E-state index in [1.807, 2.05) is 12.1 Å². The molecule has 5 aliphatic rings. The lowest BCUT2D eigenvalue weighted by molar-refractivity contribution is -0.0399. The smallest absolute Gasteiger partial charge is 0.423 e. The Labute approximate surface area is 159 Å². The Morgan fingerprint density at radius 2 is 1.38 bits per heavy atom. The van der Waals surface area contributed by atoms with Gasteiger partial charge in [0.05, 0.1) is 0 Å². The van der Waals surface area contributed by atoms with Gasteiger partial charge in [0, 0.05) is 10.4 Å². The molecule has 2 aromatic carbocycles. The molecule has 0 heterocycles. The van der Waals surface area contributed by atoms with Crippen molar-refractivity contribution >= 4 is 24.2 Å². The number of hydrogen-bond donors (Lipinski definition) is 2. The molecule has 4 heteroatoms. The van der Waals surface area contributed by atoms with Gasteiger partial charge in [-0.15, -0.1) is 0 Å². The monoisotopic (exact) mass is 364 g/mol. The summed E-state index contributed by atoms with van der Waals surface area (Å²) in [6, 6.07) is 12.4. The molecule has 0 amide bonds. The lowest BCUT2D eigenvalue weighted by atomic mass is 9.43. The van der Waals surface area contributed by atoms with Gasteiger partial charge in [0.1, 0.15) is 0 Å². The van der Waals surface area contributed by atoms with Gasteiger partial charge in [0.15, 0.2) is 0 Å². The molecular weight excluding hydrogens is 343 g/mol. The SMILES string of the molecule is OB(O)c1ccc2c(c1)C1(c3cc(Cl)ccc3-2)C2CC3CC(C2)CC1C3. The lowest BCUT2D eigenvalue weighted by Gasteiger charge is -2.61. The molecule has 0 aromatic heterocycles. The van der Waals surface area contributed by atoms with Crippen molar-refractivity contribution in [2.45, 2.75) is 37.5 Å². The summed E-state index contributed by atoms with van der Waals surface area (Å²) in [7, 11) is -1.42. The molecule has 0 atom stereocenters. The standard InChI is InChI=1S/C22H22BClO2/c24-17-2-4-19-18-3-1-16(23(25)26)10-20(18)22(21(19)11-17)14-6-12-5-13(8-14)9-15(22)7-12/h1-4,10-15,25-26H,5-9H2. The zero-order valence-electron chi connectivity index (χ0n) is 14.7. The summed E-state index contributed by atoms with van der Waals surface area (Å²) in [5.41, 5.74) is 5.93. The fraction of sp³-hybridized carbons (Fsp3) is 0.455. The predicted octanol–water partition coefficient (Wildman–Crippen LogP) is 3.74. The molecule has 1 spiro atoms. The van der Waals surface area contributed by atoms with E-state index in [9.17, 15) is 10.0 Å². The summed E-state index contributed by atoms with van der Waals surface area (Å²) in [4.78, 5) is 0. The van der Waals surface area contributed by atoms with Crippen LogP contribution in [0.2, 0.25) is 5.02 Å². The van der Waals surface area contributed by atoms with Crippen LogP contribution in [0.15, 0.2) is 36.4 Å². The van der Waals surface area contributed by atoms with E-state index < -0.39 is 7.12 Å². The molecule has 2 nitrogen and oxygen atoms in total. The fourth-order valence-electron chi connectivity index (χ4n) is 7.35. The maximum Gasteiger partial charge on any atom is 0.488 e. The highest BCUT2D eigenvalue weighted by Crippen LogP contribution is 2.69. The maximum absolute atomic E-state index is 9.79. The summed E-state index contributed by atoms with van der Waals surface area (Å²) in [6.07, 6.45) is 6.66. The second-order valence-corrected chi connectivity index (χ2v) is 9.48. The van der Waals surface area contributed by atoms with Gasteiger partial charge in [-0.05, 0) is 95.6 Å². The highest BCUT2D eigenvalue weighted by Gasteiger charge is 2.61. The first-order chi connectivity index (χ1) is 12.6. The second-order valence-electron chi connectivity index (χ2n) is 9.04. The molecule has 0 radical (unpaired) electrons. The molecule has 0 unspecified atom stereocenters. The van der Waals surface area contributed by atoms with Gasteiger partial charge in [0.25, 0.3) is 0 Å². The number of fused-ring (bicyclic) bond motifs is 3. The van der Waals surface area contributed by atoms with Crippen LogP contribution < -0.4 is 5.46 Å². The fourth-order valence-corrected chi connectivity index (χ4v) is 7.52. The van der Waals surface area contributed by atoms with Gasteiger partial charge in [-0.3, -0.25) is 0 Å². The van der Waals surface area contributed by atoms with E-state index >= 15 is 0 Å². The zero-order chi connectivity index (χ0) is 17.6. The highest BCUT2D eigenvalue weighted by molar-refractivity contribution is 6.58. The van der Waals surface area contributed by atoms with Crippen LogP contribution in [0.4, 0.5) is 0 Å². The van der Waals surface area contributed by atoms with Crippen molar-refractivity contribution in [1.29, 1.82) is 0 Å². The quantitative estimate of drug-likeness (QED) is 0.757. The van der Waals surface area contributed by atoms with E-state index in [-0.39, 0.29) is 5.41 Å². The van der Waals surface area contributed by atoms with Gasteiger partial charge in [-0.1, -0.05) is 35.9 Å². The van der Waals surface area contributed by atoms with Crippen LogP contribution in [0.3, 0.4) is 0 Å². The van der Waals surface area contributed by atoms with Crippen LogP contribution in [0.25, 0.3) is 11.1 Å². The van der Waals surface area contributed by atoms with E-state index in [1.165, 1.54) is 54.4 Å². The Bertz CT molecular complexity index is 894. The molecule has 7 rings (SSSR count). The van der Waals surface area contributed by atoms with Crippen LogP contribution in [-0.4, -0.2) is 17.2 Å². The van der Waals surface area contributed by atoms with Crippen molar-refractivity contribution < 1.29 is 10.0 Å². The van der Waals surface area contributed by atoms with Gasteiger partial charge in [0.2, 0.25) is 0 Å². The minimum Gasteiger partial charge on any atom is -0.423 e. The van der Waals surface area contributed by atoms with E-state index in [0.717, 1.165) is 16.9 Å². The van der Waals surface area contributed by atoms with Gasteiger partial charge >= 0.3 is 7.12 Å². The average Bonchev–Trinajstić information content (AvgIpc) is 2.88. The summed E-state index contributed by atoms with van der Waals surface area (Å²) in [5, 5.41) is 20.4. The van der Waals surface area contributed by atoms with Gasteiger partial charge < -0.3 is 10.0 Å². The first kappa shape index (κ1) is 15.7. The Balaban J connectivity index is 1.66. The molecule has 4 fully saturated rings. The van der Waals surface area contributed by atoms with Crippen LogP contribution in [0, 0.1) is 23.7 Å². The molecule has 0 saturated heterocycles. The molecule has 2 N–H and O–H groups in total. The van der Waals surface area contributed by atoms with Gasteiger partial charge in [-0.25, -0.2) is 0 Å². The molecule has 132 valence electrons. The Morgan fingerprint density at radius 1 is 0.808 bits per heavy atom. The largest absolute Gasteiger partial charge is 0.488 e. The summed E-state index contributed by atoms with van der Waals surface area (Å²) < 4.78 is 0. The maximum atomic E-state index is 9.79. The van der Waals surface area contributed by atoms with Crippen LogP contribution in [0.5, 0.6) is 0 Å². The molecule has 0 aliphatic heterocycles. The second kappa shape index (κ2) is 5.16. The van der Waals surface area contributed by atoms with E-state index in [4.69, 9.17) is 11.6 Å². The van der Waals surface area contributed by atoms with Gasteiger partial charge in [-0.2, -0.15) is 0 Å². The molecule has 5 aliphatic carbocycles. The molecule has 4 bridgehead atoms. The summed E-state index contributed by atoms with van der Waals surface area (Å²) in [5.74, 6) is 3.09. The number of benzene rings is 2. The van der Waals surface area contributed by atoms with Crippen LogP contribution in [-0.2, 0) is 5.41 Å². The minimum atomic E-state index is -1.42. The average molecular weight is 365 g/mol.